The number of pyridine rings is 1. The number of para-hydroxylation sites is 1. The molecular formula is C22H18N4O. The minimum absolute atomic E-state index is 0.299. The van der Waals surface area contributed by atoms with E-state index in [1.54, 1.807) is 30.5 Å². The van der Waals surface area contributed by atoms with Gasteiger partial charge in [-0.25, -0.2) is 0 Å². The molecule has 1 aromatic heterocycles. The van der Waals surface area contributed by atoms with Crippen LogP contribution in [0.15, 0.2) is 66.9 Å². The van der Waals surface area contributed by atoms with Crippen molar-refractivity contribution < 1.29 is 4.79 Å². The van der Waals surface area contributed by atoms with Crippen LogP contribution in [0.1, 0.15) is 28.5 Å². The fourth-order valence-electron chi connectivity index (χ4n) is 3.51. The first-order valence-electron chi connectivity index (χ1n) is 8.80. The Kier molecular flexibility index (Phi) is 4.31. The molecule has 2 aromatic carbocycles. The second kappa shape index (κ2) is 6.93. The predicted molar refractivity (Wildman–Crippen MR) is 105 cm³/mol. The van der Waals surface area contributed by atoms with Crippen molar-refractivity contribution >= 4 is 23.0 Å². The molecule has 1 aliphatic rings. The molecule has 3 aromatic rings. The fourth-order valence-corrected chi connectivity index (χ4v) is 3.51. The number of fused-ring (bicyclic) bond motifs is 1. The Morgan fingerprint density at radius 3 is 2.89 bits per heavy atom. The second-order valence-corrected chi connectivity index (χ2v) is 6.60. The smallest absolute Gasteiger partial charge is 0.274 e. The molecule has 0 bridgehead atoms. The molecule has 2 heterocycles. The molecule has 1 unspecified atom stereocenters. The van der Waals surface area contributed by atoms with E-state index in [4.69, 9.17) is 5.26 Å². The van der Waals surface area contributed by atoms with Crippen molar-refractivity contribution in [3.63, 3.8) is 0 Å². The zero-order valence-electron chi connectivity index (χ0n) is 14.9. The van der Waals surface area contributed by atoms with E-state index in [2.05, 4.69) is 46.4 Å². The van der Waals surface area contributed by atoms with E-state index in [0.717, 1.165) is 12.1 Å². The lowest BCUT2D eigenvalue weighted by atomic mass is 10.1. The number of carbonyl (C=O) groups is 1. The van der Waals surface area contributed by atoms with Gasteiger partial charge in [0.15, 0.2) is 0 Å². The highest BCUT2D eigenvalue weighted by Crippen LogP contribution is 2.38. The van der Waals surface area contributed by atoms with Crippen molar-refractivity contribution in [2.75, 3.05) is 10.2 Å². The van der Waals surface area contributed by atoms with Crippen LogP contribution < -0.4 is 10.2 Å². The van der Waals surface area contributed by atoms with E-state index in [0.29, 0.717) is 23.0 Å². The normalized spacial score (nSPS) is 15.1. The molecule has 5 heteroatoms. The fraction of sp³-hybridized carbons (Fsp3) is 0.136. The Labute approximate surface area is 157 Å². The van der Waals surface area contributed by atoms with E-state index >= 15 is 0 Å². The number of hydrogen-bond acceptors (Lipinski definition) is 4. The number of nitriles is 1. The van der Waals surface area contributed by atoms with Gasteiger partial charge < -0.3 is 10.2 Å². The van der Waals surface area contributed by atoms with Crippen molar-refractivity contribution in [1.29, 1.82) is 5.26 Å². The molecular weight excluding hydrogens is 336 g/mol. The van der Waals surface area contributed by atoms with E-state index in [1.807, 2.05) is 18.2 Å². The molecule has 1 atom stereocenters. The van der Waals surface area contributed by atoms with Gasteiger partial charge in [0.05, 0.1) is 11.6 Å². The maximum Gasteiger partial charge on any atom is 0.274 e. The summed E-state index contributed by atoms with van der Waals surface area (Å²) in [5.74, 6) is -0.299. The molecule has 1 N–H and O–H groups in total. The first kappa shape index (κ1) is 16.8. The molecule has 0 saturated heterocycles. The van der Waals surface area contributed by atoms with E-state index in [9.17, 15) is 4.79 Å². The SMILES string of the molecule is CC1Cc2ccccc2N1c1ccnc(C(=O)Nc2cccc(C#N)c2)c1. The standard InChI is InChI=1S/C22H18N4O/c1-15-11-17-6-2-3-8-21(17)26(15)19-9-10-24-20(13-19)22(27)25-18-7-4-5-16(12-18)14-23/h2-10,12-13,15H,11H2,1H3,(H,25,27). The molecule has 27 heavy (non-hydrogen) atoms. The summed E-state index contributed by atoms with van der Waals surface area (Å²) < 4.78 is 0. The minimum Gasteiger partial charge on any atom is -0.338 e. The summed E-state index contributed by atoms with van der Waals surface area (Å²) in [6, 6.07) is 21.3. The average Bonchev–Trinajstić information content (AvgIpc) is 3.04. The van der Waals surface area contributed by atoms with Crippen LogP contribution in [-0.2, 0) is 6.42 Å². The van der Waals surface area contributed by atoms with Gasteiger partial charge in [0.2, 0.25) is 0 Å². The van der Waals surface area contributed by atoms with Crippen LogP contribution in [0.2, 0.25) is 0 Å². The van der Waals surface area contributed by atoms with Gasteiger partial charge in [0, 0.05) is 29.3 Å². The third kappa shape index (κ3) is 3.25. The summed E-state index contributed by atoms with van der Waals surface area (Å²) in [6.07, 6.45) is 2.63. The number of nitrogens with one attached hydrogen (secondary N) is 1. The van der Waals surface area contributed by atoms with Gasteiger partial charge in [0.1, 0.15) is 5.69 Å². The highest BCUT2D eigenvalue weighted by Gasteiger charge is 2.27. The number of benzene rings is 2. The highest BCUT2D eigenvalue weighted by molar-refractivity contribution is 6.03. The molecule has 0 radical (unpaired) electrons. The topological polar surface area (TPSA) is 69.0 Å². The Hall–Kier alpha value is -3.65. The third-order valence-electron chi connectivity index (χ3n) is 4.71. The summed E-state index contributed by atoms with van der Waals surface area (Å²) in [5, 5.41) is 11.8. The first-order chi connectivity index (χ1) is 13.2. The van der Waals surface area contributed by atoms with E-state index in [1.165, 1.54) is 11.3 Å². The van der Waals surface area contributed by atoms with Crippen molar-refractivity contribution in [1.82, 2.24) is 4.98 Å². The number of anilines is 3. The largest absolute Gasteiger partial charge is 0.338 e. The molecule has 5 nitrogen and oxygen atoms in total. The predicted octanol–water partition coefficient (Wildman–Crippen LogP) is 4.29. The number of carbonyl (C=O) groups excluding carboxylic acids is 1. The number of hydrogen-bond donors (Lipinski definition) is 1. The van der Waals surface area contributed by atoms with Crippen LogP contribution in [0.4, 0.5) is 17.1 Å². The summed E-state index contributed by atoms with van der Waals surface area (Å²) in [7, 11) is 0. The lowest BCUT2D eigenvalue weighted by molar-refractivity contribution is 0.102. The van der Waals surface area contributed by atoms with Crippen LogP contribution in [-0.4, -0.2) is 16.9 Å². The number of rotatable bonds is 3. The lowest BCUT2D eigenvalue weighted by Gasteiger charge is -2.25. The van der Waals surface area contributed by atoms with Gasteiger partial charge in [-0.05, 0) is 55.3 Å². The summed E-state index contributed by atoms with van der Waals surface area (Å²) in [4.78, 5) is 19.1. The molecule has 0 fully saturated rings. The Bertz CT molecular complexity index is 1050. The third-order valence-corrected chi connectivity index (χ3v) is 4.71. The van der Waals surface area contributed by atoms with Crippen LogP contribution >= 0.6 is 0 Å². The Balaban J connectivity index is 1.61. The number of aromatic nitrogens is 1. The zero-order valence-corrected chi connectivity index (χ0v) is 14.9. The zero-order chi connectivity index (χ0) is 18.8. The average molecular weight is 354 g/mol. The minimum atomic E-state index is -0.299. The van der Waals surface area contributed by atoms with Gasteiger partial charge in [0.25, 0.3) is 5.91 Å². The van der Waals surface area contributed by atoms with Crippen molar-refractivity contribution in [2.24, 2.45) is 0 Å². The van der Waals surface area contributed by atoms with Crippen LogP contribution in [0.5, 0.6) is 0 Å². The molecule has 0 saturated carbocycles. The molecule has 132 valence electrons. The molecule has 1 amide bonds. The van der Waals surface area contributed by atoms with E-state index in [-0.39, 0.29) is 5.91 Å². The monoisotopic (exact) mass is 354 g/mol. The summed E-state index contributed by atoms with van der Waals surface area (Å²) >= 11 is 0. The van der Waals surface area contributed by atoms with Gasteiger partial charge >= 0.3 is 0 Å². The van der Waals surface area contributed by atoms with Crippen molar-refractivity contribution in [2.45, 2.75) is 19.4 Å². The summed E-state index contributed by atoms with van der Waals surface area (Å²) in [5.41, 5.74) is 4.83. The van der Waals surface area contributed by atoms with Gasteiger partial charge in [-0.15, -0.1) is 0 Å². The molecule has 0 aliphatic carbocycles. The quantitative estimate of drug-likeness (QED) is 0.762. The maximum atomic E-state index is 12.6. The van der Waals surface area contributed by atoms with Crippen LogP contribution in [0.3, 0.4) is 0 Å². The van der Waals surface area contributed by atoms with Gasteiger partial charge in [-0.3, -0.25) is 9.78 Å². The number of amides is 1. The lowest BCUT2D eigenvalue weighted by Crippen LogP contribution is -2.24. The van der Waals surface area contributed by atoms with E-state index < -0.39 is 0 Å². The van der Waals surface area contributed by atoms with Gasteiger partial charge in [-0.1, -0.05) is 24.3 Å². The molecule has 4 rings (SSSR count). The molecule has 0 spiro atoms. The van der Waals surface area contributed by atoms with Crippen LogP contribution in [0, 0.1) is 11.3 Å². The Morgan fingerprint density at radius 1 is 1.19 bits per heavy atom. The second-order valence-electron chi connectivity index (χ2n) is 6.60. The highest BCUT2D eigenvalue weighted by atomic mass is 16.1. The maximum absolute atomic E-state index is 12.6. The van der Waals surface area contributed by atoms with Gasteiger partial charge in [-0.2, -0.15) is 5.26 Å². The number of nitrogens with zero attached hydrogens (tertiary/aromatic N) is 3. The Morgan fingerprint density at radius 2 is 2.04 bits per heavy atom. The van der Waals surface area contributed by atoms with Crippen LogP contribution in [0.25, 0.3) is 0 Å². The first-order valence-corrected chi connectivity index (χ1v) is 8.80. The van der Waals surface area contributed by atoms with Crippen molar-refractivity contribution in [3.05, 3.63) is 83.7 Å². The van der Waals surface area contributed by atoms with Crippen molar-refractivity contribution in [3.8, 4) is 6.07 Å². The summed E-state index contributed by atoms with van der Waals surface area (Å²) in [6.45, 7) is 2.17. The molecule has 1 aliphatic heterocycles.